The second-order valence-corrected chi connectivity index (χ2v) is 8.32. The molecule has 0 aliphatic carbocycles. The molecule has 0 aliphatic rings. The maximum Gasteiger partial charge on any atom is 0.178 e. The van der Waals surface area contributed by atoms with Crippen molar-refractivity contribution in [2.75, 3.05) is 6.61 Å². The van der Waals surface area contributed by atoms with Crippen molar-refractivity contribution in [3.8, 4) is 17.6 Å². The molecule has 0 unspecified atom stereocenters. The van der Waals surface area contributed by atoms with E-state index in [2.05, 4.69) is 24.3 Å². The molecule has 3 aromatic carbocycles. The summed E-state index contributed by atoms with van der Waals surface area (Å²) in [5, 5.41) is 11.8. The van der Waals surface area contributed by atoms with E-state index in [-0.39, 0.29) is 11.4 Å². The Labute approximate surface area is 183 Å². The molecule has 4 heteroatoms. The van der Waals surface area contributed by atoms with Gasteiger partial charge in [0.05, 0.1) is 12.2 Å². The second-order valence-electron chi connectivity index (χ2n) is 8.32. The number of ketones is 1. The van der Waals surface area contributed by atoms with Crippen LogP contribution in [0.4, 0.5) is 0 Å². The first-order chi connectivity index (χ1) is 14.8. The summed E-state index contributed by atoms with van der Waals surface area (Å²) in [6.45, 7) is 8.19. The largest absolute Gasteiger partial charge is 0.490 e. The van der Waals surface area contributed by atoms with Gasteiger partial charge in [0.15, 0.2) is 17.3 Å². The van der Waals surface area contributed by atoms with Gasteiger partial charge in [-0.15, -0.1) is 0 Å². The third kappa shape index (κ3) is 5.32. The van der Waals surface area contributed by atoms with E-state index in [1.165, 1.54) is 5.39 Å². The highest BCUT2D eigenvalue weighted by atomic mass is 16.5. The number of hydrogen-bond donors (Lipinski definition) is 0. The summed E-state index contributed by atoms with van der Waals surface area (Å²) in [7, 11) is 0. The highest BCUT2D eigenvalue weighted by Crippen LogP contribution is 2.31. The number of benzene rings is 3. The van der Waals surface area contributed by atoms with Crippen molar-refractivity contribution in [1.82, 2.24) is 0 Å². The molecule has 0 heterocycles. The number of rotatable bonds is 7. The molecule has 0 saturated carbocycles. The van der Waals surface area contributed by atoms with Crippen LogP contribution in [0.1, 0.15) is 38.8 Å². The molecule has 158 valence electrons. The minimum absolute atomic E-state index is 0.124. The molecule has 3 aromatic rings. The summed E-state index contributed by atoms with van der Waals surface area (Å²) >= 11 is 0. The topological polar surface area (TPSA) is 59.3 Å². The Hall–Kier alpha value is -3.58. The third-order valence-corrected chi connectivity index (χ3v) is 4.89. The number of allylic oxidation sites excluding steroid dienone is 1. The predicted octanol–water partition coefficient (Wildman–Crippen LogP) is 6.34. The molecule has 31 heavy (non-hydrogen) atoms. The number of carbonyl (C=O) groups is 1. The van der Waals surface area contributed by atoms with Crippen molar-refractivity contribution in [2.45, 2.75) is 34.3 Å². The Morgan fingerprint density at radius 2 is 1.74 bits per heavy atom. The highest BCUT2D eigenvalue weighted by molar-refractivity contribution is 6.06. The zero-order valence-corrected chi connectivity index (χ0v) is 18.4. The van der Waals surface area contributed by atoms with Crippen LogP contribution in [-0.4, -0.2) is 12.4 Å². The molecule has 0 amide bonds. The average Bonchev–Trinajstić information content (AvgIpc) is 2.76. The van der Waals surface area contributed by atoms with Crippen molar-refractivity contribution in [3.05, 3.63) is 77.4 Å². The first-order valence-corrected chi connectivity index (χ1v) is 10.4. The molecule has 0 saturated heterocycles. The Morgan fingerprint density at radius 1 is 1.00 bits per heavy atom. The number of ether oxygens (including phenoxy) is 2. The van der Waals surface area contributed by atoms with Gasteiger partial charge in [0.25, 0.3) is 0 Å². The van der Waals surface area contributed by atoms with E-state index < -0.39 is 5.41 Å². The minimum Gasteiger partial charge on any atom is -0.490 e. The van der Waals surface area contributed by atoms with Crippen LogP contribution in [0, 0.1) is 16.7 Å². The monoisotopic (exact) mass is 413 g/mol. The van der Waals surface area contributed by atoms with Crippen molar-refractivity contribution in [2.24, 2.45) is 5.41 Å². The Kier molecular flexibility index (Phi) is 6.77. The van der Waals surface area contributed by atoms with E-state index in [9.17, 15) is 10.1 Å². The molecule has 0 spiro atoms. The van der Waals surface area contributed by atoms with E-state index >= 15 is 0 Å². The number of nitriles is 1. The second kappa shape index (κ2) is 9.49. The zero-order valence-electron chi connectivity index (χ0n) is 18.4. The van der Waals surface area contributed by atoms with Crippen LogP contribution in [0.15, 0.2) is 66.2 Å². The summed E-state index contributed by atoms with van der Waals surface area (Å²) in [5.74, 6) is 1.01. The molecular weight excluding hydrogens is 386 g/mol. The fraction of sp³-hybridized carbons (Fsp3) is 0.259. The van der Waals surface area contributed by atoms with Crippen molar-refractivity contribution in [1.29, 1.82) is 5.26 Å². The molecule has 4 nitrogen and oxygen atoms in total. The SMILES string of the molecule is CCOc1cc(/C=C(\C#N)C(=O)C(C)(C)C)ccc1OCc1cccc2ccccc12. The maximum atomic E-state index is 12.5. The molecule has 0 atom stereocenters. The number of Topliss-reactive ketones (excluding diaryl/α,β-unsaturated/α-hetero) is 1. The number of fused-ring (bicyclic) bond motifs is 1. The van der Waals surface area contributed by atoms with Crippen LogP contribution in [0.5, 0.6) is 11.5 Å². The van der Waals surface area contributed by atoms with Crippen LogP contribution >= 0.6 is 0 Å². The standard InChI is InChI=1S/C27H27NO3/c1-5-30-25-16-19(15-22(17-28)26(29)27(2,3)4)13-14-24(25)31-18-21-11-8-10-20-9-6-7-12-23(20)21/h6-16H,5,18H2,1-4H3/b22-15+. The summed E-state index contributed by atoms with van der Waals surface area (Å²) in [6.07, 6.45) is 1.60. The van der Waals surface area contributed by atoms with E-state index in [0.29, 0.717) is 24.7 Å². The summed E-state index contributed by atoms with van der Waals surface area (Å²) < 4.78 is 11.9. The number of carbonyl (C=O) groups excluding carboxylic acids is 1. The van der Waals surface area contributed by atoms with Gasteiger partial charge in [-0.3, -0.25) is 4.79 Å². The van der Waals surface area contributed by atoms with Gasteiger partial charge < -0.3 is 9.47 Å². The lowest BCUT2D eigenvalue weighted by molar-refractivity contribution is -0.121. The van der Waals surface area contributed by atoms with Crippen LogP contribution < -0.4 is 9.47 Å². The van der Waals surface area contributed by atoms with Crippen LogP contribution in [0.3, 0.4) is 0 Å². The summed E-state index contributed by atoms with van der Waals surface area (Å²) in [6, 6.07) is 21.8. The first kappa shape index (κ1) is 22.1. The van der Waals surface area contributed by atoms with Crippen LogP contribution in [0.2, 0.25) is 0 Å². The van der Waals surface area contributed by atoms with Crippen molar-refractivity contribution >= 4 is 22.6 Å². The van der Waals surface area contributed by atoms with Crippen molar-refractivity contribution < 1.29 is 14.3 Å². The van der Waals surface area contributed by atoms with Crippen LogP contribution in [0.25, 0.3) is 16.8 Å². The lowest BCUT2D eigenvalue weighted by Gasteiger charge is -2.16. The fourth-order valence-electron chi connectivity index (χ4n) is 3.30. The molecule has 3 rings (SSSR count). The lowest BCUT2D eigenvalue weighted by Crippen LogP contribution is -2.21. The van der Waals surface area contributed by atoms with Gasteiger partial charge in [-0.2, -0.15) is 5.26 Å². The van der Waals surface area contributed by atoms with Gasteiger partial charge in [-0.1, -0.05) is 69.3 Å². The van der Waals surface area contributed by atoms with E-state index in [0.717, 1.165) is 16.5 Å². The number of nitrogens with zero attached hydrogens (tertiary/aromatic N) is 1. The van der Waals surface area contributed by atoms with Crippen LogP contribution in [-0.2, 0) is 11.4 Å². The molecule has 0 fully saturated rings. The van der Waals surface area contributed by atoms with Gasteiger partial charge in [0.2, 0.25) is 0 Å². The molecule has 0 N–H and O–H groups in total. The van der Waals surface area contributed by atoms with E-state index in [1.54, 1.807) is 32.9 Å². The minimum atomic E-state index is -0.619. The molecule has 0 aromatic heterocycles. The Balaban J connectivity index is 1.88. The highest BCUT2D eigenvalue weighted by Gasteiger charge is 2.25. The molecule has 0 aliphatic heterocycles. The summed E-state index contributed by atoms with van der Waals surface area (Å²) in [5.41, 5.74) is 1.31. The normalized spacial score (nSPS) is 11.8. The van der Waals surface area contributed by atoms with Gasteiger partial charge >= 0.3 is 0 Å². The number of hydrogen-bond acceptors (Lipinski definition) is 4. The summed E-state index contributed by atoms with van der Waals surface area (Å²) in [4.78, 5) is 12.5. The van der Waals surface area contributed by atoms with Gasteiger partial charge in [-0.25, -0.2) is 0 Å². The lowest BCUT2D eigenvalue weighted by atomic mass is 9.86. The van der Waals surface area contributed by atoms with Gasteiger partial charge in [0, 0.05) is 5.41 Å². The first-order valence-electron chi connectivity index (χ1n) is 10.4. The van der Waals surface area contributed by atoms with Gasteiger partial charge in [0.1, 0.15) is 12.7 Å². The Bertz CT molecular complexity index is 1160. The molecule has 0 radical (unpaired) electrons. The zero-order chi connectivity index (χ0) is 22.4. The maximum absolute atomic E-state index is 12.5. The van der Waals surface area contributed by atoms with Gasteiger partial charge in [-0.05, 0) is 47.0 Å². The molecule has 0 bridgehead atoms. The van der Waals surface area contributed by atoms with E-state index in [1.807, 2.05) is 43.3 Å². The van der Waals surface area contributed by atoms with E-state index in [4.69, 9.17) is 9.47 Å². The smallest absolute Gasteiger partial charge is 0.178 e. The predicted molar refractivity (Wildman–Crippen MR) is 124 cm³/mol. The van der Waals surface area contributed by atoms with Crippen molar-refractivity contribution in [3.63, 3.8) is 0 Å². The fourth-order valence-corrected chi connectivity index (χ4v) is 3.30. The average molecular weight is 414 g/mol. The Morgan fingerprint density at radius 3 is 2.45 bits per heavy atom. The third-order valence-electron chi connectivity index (χ3n) is 4.89. The molecular formula is C27H27NO3. The quantitative estimate of drug-likeness (QED) is 0.335.